The summed E-state index contributed by atoms with van der Waals surface area (Å²) in [7, 11) is 0. The van der Waals surface area contributed by atoms with Gasteiger partial charge in [-0.25, -0.2) is 9.29 Å². The van der Waals surface area contributed by atoms with Gasteiger partial charge >= 0.3 is 0 Å². The summed E-state index contributed by atoms with van der Waals surface area (Å²) in [6.07, 6.45) is 3.15. The van der Waals surface area contributed by atoms with E-state index in [9.17, 15) is 14.0 Å². The molecule has 0 unspecified atom stereocenters. The summed E-state index contributed by atoms with van der Waals surface area (Å²) in [5.74, 6) is -0.799. The Morgan fingerprint density at radius 1 is 1.12 bits per heavy atom. The van der Waals surface area contributed by atoms with E-state index in [-0.39, 0.29) is 29.5 Å². The highest BCUT2D eigenvalue weighted by Crippen LogP contribution is 2.57. The number of anilines is 1. The Kier molecular flexibility index (Phi) is 3.00. The number of benzene rings is 1. The third-order valence-electron chi connectivity index (χ3n) is 6.19. The Labute approximate surface area is 145 Å². The number of halogens is 1. The molecule has 2 aliphatic carbocycles. The van der Waals surface area contributed by atoms with E-state index in [0.717, 1.165) is 36.2 Å². The number of carbonyl (C=O) groups excluding carboxylic acids is 2. The minimum atomic E-state index is -0.406. The van der Waals surface area contributed by atoms with Crippen LogP contribution in [-0.2, 0) is 9.59 Å². The molecule has 3 aliphatic rings. The van der Waals surface area contributed by atoms with Gasteiger partial charge in [0.25, 0.3) is 0 Å². The third kappa shape index (κ3) is 1.92. The van der Waals surface area contributed by atoms with Gasteiger partial charge in [0, 0.05) is 17.3 Å². The first-order valence-electron chi connectivity index (χ1n) is 8.89. The average molecular weight is 338 g/mol. The van der Waals surface area contributed by atoms with E-state index in [2.05, 4.69) is 4.98 Å². The molecular formula is C20H19FN2O2. The molecule has 1 aliphatic heterocycles. The first kappa shape index (κ1) is 14.9. The number of nitrogens with zero attached hydrogens (tertiary/aromatic N) is 1. The number of aryl methyl sites for hydroxylation is 1. The van der Waals surface area contributed by atoms with Crippen molar-refractivity contribution in [1.29, 1.82) is 0 Å². The zero-order valence-corrected chi connectivity index (χ0v) is 14.0. The van der Waals surface area contributed by atoms with Gasteiger partial charge in [-0.1, -0.05) is 6.42 Å². The van der Waals surface area contributed by atoms with Crippen molar-refractivity contribution in [2.75, 3.05) is 4.90 Å². The van der Waals surface area contributed by atoms with Crippen LogP contribution in [-0.4, -0.2) is 16.8 Å². The fourth-order valence-electron chi connectivity index (χ4n) is 5.27. The van der Waals surface area contributed by atoms with E-state index in [1.54, 1.807) is 0 Å². The molecule has 4 nitrogen and oxygen atoms in total. The van der Waals surface area contributed by atoms with Gasteiger partial charge in [-0.3, -0.25) is 9.59 Å². The first-order chi connectivity index (χ1) is 12.1. The maximum Gasteiger partial charge on any atom is 0.242 e. The lowest BCUT2D eigenvalue weighted by Crippen LogP contribution is -2.33. The van der Waals surface area contributed by atoms with Crippen LogP contribution in [0.15, 0.2) is 30.3 Å². The van der Waals surface area contributed by atoms with Crippen molar-refractivity contribution >= 4 is 17.5 Å². The lowest BCUT2D eigenvalue weighted by atomic mass is 9.68. The summed E-state index contributed by atoms with van der Waals surface area (Å²) in [6.45, 7) is 2.00. The van der Waals surface area contributed by atoms with Crippen LogP contribution in [0, 0.1) is 24.6 Å². The van der Waals surface area contributed by atoms with Gasteiger partial charge in [-0.15, -0.1) is 0 Å². The van der Waals surface area contributed by atoms with E-state index in [1.165, 1.54) is 29.2 Å². The van der Waals surface area contributed by atoms with Gasteiger partial charge in [-0.05, 0) is 61.6 Å². The fraction of sp³-hybridized carbons (Fsp3) is 0.400. The number of aromatic amines is 1. The topological polar surface area (TPSA) is 53.2 Å². The van der Waals surface area contributed by atoms with Gasteiger partial charge in [0.05, 0.1) is 17.5 Å². The quantitative estimate of drug-likeness (QED) is 0.807. The second kappa shape index (κ2) is 5.04. The molecule has 1 saturated carbocycles. The highest BCUT2D eigenvalue weighted by molar-refractivity contribution is 6.24. The predicted molar refractivity (Wildman–Crippen MR) is 90.7 cm³/mol. The van der Waals surface area contributed by atoms with Gasteiger partial charge in [0.2, 0.25) is 11.8 Å². The number of hydrogen-bond donors (Lipinski definition) is 1. The van der Waals surface area contributed by atoms with Gasteiger partial charge in [0.15, 0.2) is 0 Å². The maximum atomic E-state index is 13.2. The van der Waals surface area contributed by atoms with Crippen LogP contribution in [0.3, 0.4) is 0 Å². The molecule has 0 bridgehead atoms. The smallest absolute Gasteiger partial charge is 0.242 e. The van der Waals surface area contributed by atoms with Crippen molar-refractivity contribution in [2.45, 2.75) is 38.0 Å². The Bertz CT molecular complexity index is 886. The largest absolute Gasteiger partial charge is 0.362 e. The molecule has 2 fully saturated rings. The molecule has 4 atom stereocenters. The molecule has 1 saturated heterocycles. The minimum absolute atomic E-state index is 0.122. The van der Waals surface area contributed by atoms with Crippen LogP contribution >= 0.6 is 0 Å². The predicted octanol–water partition coefficient (Wildman–Crippen LogP) is 3.63. The molecule has 1 aromatic carbocycles. The highest BCUT2D eigenvalue weighted by Gasteiger charge is 2.58. The molecule has 1 N–H and O–H groups in total. The monoisotopic (exact) mass is 338 g/mol. The summed E-state index contributed by atoms with van der Waals surface area (Å²) >= 11 is 0. The lowest BCUT2D eigenvalue weighted by molar-refractivity contribution is -0.123. The molecule has 2 heterocycles. The van der Waals surface area contributed by atoms with Gasteiger partial charge < -0.3 is 4.98 Å². The van der Waals surface area contributed by atoms with E-state index >= 15 is 0 Å². The van der Waals surface area contributed by atoms with E-state index < -0.39 is 5.92 Å². The SMILES string of the molecule is Cc1cc2c([nH]1)[C@@H]1CCC[C@@H]1[C@@H]1C(=O)N(c3ccc(F)cc3)C(=O)[C@H]21. The number of rotatable bonds is 1. The van der Waals surface area contributed by atoms with Crippen LogP contribution in [0.25, 0.3) is 0 Å². The second-order valence-corrected chi connectivity index (χ2v) is 7.51. The molecule has 0 spiro atoms. The van der Waals surface area contributed by atoms with E-state index in [0.29, 0.717) is 11.6 Å². The van der Waals surface area contributed by atoms with Gasteiger partial charge in [0.1, 0.15) is 5.82 Å². The van der Waals surface area contributed by atoms with E-state index in [4.69, 9.17) is 0 Å². The average Bonchev–Trinajstić information content (AvgIpc) is 3.25. The number of nitrogens with one attached hydrogen (secondary N) is 1. The summed E-state index contributed by atoms with van der Waals surface area (Å²) in [5.41, 5.74) is 3.66. The highest BCUT2D eigenvalue weighted by atomic mass is 19.1. The molecule has 25 heavy (non-hydrogen) atoms. The molecule has 5 rings (SSSR count). The normalized spacial score (nSPS) is 30.4. The van der Waals surface area contributed by atoms with Crippen molar-refractivity contribution in [3.05, 3.63) is 53.1 Å². The standard InChI is InChI=1S/C20H19FN2O2/c1-10-9-15-17-16(13-3-2-4-14(13)18(15)22-10)19(24)23(20(17)25)12-7-5-11(21)6-8-12/h5-9,13-14,16-17,22H,2-4H2,1H3/t13-,14+,16-,17+/m0/s1. The van der Waals surface area contributed by atoms with Crippen LogP contribution in [0.1, 0.15) is 48.0 Å². The van der Waals surface area contributed by atoms with E-state index in [1.807, 2.05) is 13.0 Å². The number of amides is 2. The molecule has 2 aromatic rings. The summed E-state index contributed by atoms with van der Waals surface area (Å²) in [4.78, 5) is 31.1. The Morgan fingerprint density at radius 2 is 1.88 bits per heavy atom. The van der Waals surface area contributed by atoms with Crippen LogP contribution in [0.2, 0.25) is 0 Å². The number of carbonyl (C=O) groups is 2. The molecule has 128 valence electrons. The van der Waals surface area contributed by atoms with Crippen LogP contribution < -0.4 is 4.90 Å². The van der Waals surface area contributed by atoms with Crippen LogP contribution in [0.4, 0.5) is 10.1 Å². The Morgan fingerprint density at radius 3 is 2.64 bits per heavy atom. The first-order valence-corrected chi connectivity index (χ1v) is 8.89. The van der Waals surface area contributed by atoms with Crippen molar-refractivity contribution in [3.8, 4) is 0 Å². The fourth-order valence-corrected chi connectivity index (χ4v) is 5.27. The maximum absolute atomic E-state index is 13.2. The Hall–Kier alpha value is -2.43. The number of imide groups is 1. The zero-order chi connectivity index (χ0) is 17.3. The van der Waals surface area contributed by atoms with Crippen molar-refractivity contribution in [2.24, 2.45) is 11.8 Å². The van der Waals surface area contributed by atoms with Crippen molar-refractivity contribution in [3.63, 3.8) is 0 Å². The number of H-pyrrole nitrogens is 1. The molecule has 0 radical (unpaired) electrons. The molecule has 1 aromatic heterocycles. The summed E-state index contributed by atoms with van der Waals surface area (Å²) in [5, 5.41) is 0. The van der Waals surface area contributed by atoms with Crippen molar-refractivity contribution in [1.82, 2.24) is 4.98 Å². The van der Waals surface area contributed by atoms with Crippen LogP contribution in [0.5, 0.6) is 0 Å². The molecule has 2 amide bonds. The summed E-state index contributed by atoms with van der Waals surface area (Å²) < 4.78 is 13.2. The number of fused-ring (bicyclic) bond motifs is 6. The molecule has 5 heteroatoms. The zero-order valence-electron chi connectivity index (χ0n) is 14.0. The Balaban J connectivity index is 1.65. The summed E-state index contributed by atoms with van der Waals surface area (Å²) in [6, 6.07) is 7.64. The lowest BCUT2D eigenvalue weighted by Gasteiger charge is -2.33. The second-order valence-electron chi connectivity index (χ2n) is 7.51. The third-order valence-corrected chi connectivity index (χ3v) is 6.19. The van der Waals surface area contributed by atoms with Gasteiger partial charge in [-0.2, -0.15) is 0 Å². The molecular weight excluding hydrogens is 319 g/mol. The van der Waals surface area contributed by atoms with Crippen molar-refractivity contribution < 1.29 is 14.0 Å². The number of aromatic nitrogens is 1. The minimum Gasteiger partial charge on any atom is -0.362 e. The number of hydrogen-bond acceptors (Lipinski definition) is 2.